The van der Waals surface area contributed by atoms with Crippen molar-refractivity contribution in [3.8, 4) is 0 Å². The molecule has 9 aliphatic heterocycles. The van der Waals surface area contributed by atoms with Crippen LogP contribution < -0.4 is 62.4 Å². The number of fused-ring (bicyclic) bond motifs is 9. The third kappa shape index (κ3) is 19.0. The average Bonchev–Trinajstić information content (AvgIpc) is 1.56. The fourth-order valence-electron chi connectivity index (χ4n) is 16.7. The molecule has 9 aromatic heterocycles. The molecule has 57 nitrogen and oxygen atoms in total. The van der Waals surface area contributed by atoms with Crippen LogP contribution >= 0.6 is 52.6 Å². The monoisotopic (exact) mass is 2090 g/mol. The van der Waals surface area contributed by atoms with Gasteiger partial charge in [-0.05, 0) is 79.8 Å². The number of thiol groups is 1. The summed E-state index contributed by atoms with van der Waals surface area (Å²) in [7, 11) is 1.13. The van der Waals surface area contributed by atoms with E-state index in [0.717, 1.165) is 20.8 Å². The number of aliphatic hydroxyl groups is 1. The van der Waals surface area contributed by atoms with Gasteiger partial charge in [0.2, 0.25) is 11.9 Å². The number of aromatic nitrogens is 18. The fraction of sp³-hybridized carbons (Fsp3) is 0.578. The van der Waals surface area contributed by atoms with Gasteiger partial charge in [0, 0.05) is 61.7 Å². The van der Waals surface area contributed by atoms with E-state index in [9.17, 15) is 58.3 Å². The van der Waals surface area contributed by atoms with Gasteiger partial charge in [-0.2, -0.15) is 19.9 Å². The Hall–Kier alpha value is -6.56. The lowest BCUT2D eigenvalue weighted by Gasteiger charge is -2.34. The van der Waals surface area contributed by atoms with E-state index in [0.29, 0.717) is 5.56 Å². The number of nitrogen functional groups attached to an aromatic ring is 5. The first kappa shape index (κ1) is 96.7. The number of H-pyrrole nitrogens is 3. The molecule has 0 aromatic carbocycles. The molecule has 0 radical (unpaired) electrons. The Kier molecular flexibility index (Phi) is 26.4. The number of nitrogens with zero attached hydrogens (tertiary/aromatic N) is 15. The van der Waals surface area contributed by atoms with Crippen molar-refractivity contribution in [1.82, 2.24) is 87.2 Å². The van der Waals surface area contributed by atoms with Gasteiger partial charge in [0.05, 0.1) is 96.8 Å². The third-order valence-electron chi connectivity index (χ3n) is 23.2. The number of ether oxygens (including phenoxy) is 9. The van der Waals surface area contributed by atoms with Gasteiger partial charge < -0.3 is 137 Å². The molecule has 9 aliphatic rings. The maximum Gasteiger partial charge on any atom is 0.386 e. The number of hydrogen-bond donors (Lipinski definition) is 15. The van der Waals surface area contributed by atoms with Crippen molar-refractivity contribution >= 4 is 175 Å². The maximum absolute atomic E-state index is 15.3. The number of aromatic amines is 3. The zero-order valence-corrected chi connectivity index (χ0v) is 79.1. The Bertz CT molecular complexity index is 6820. The lowest BCUT2D eigenvalue weighted by molar-refractivity contribution is -0.188. The molecule has 0 amide bonds. The van der Waals surface area contributed by atoms with Crippen molar-refractivity contribution in [3.63, 3.8) is 0 Å². The predicted molar refractivity (Wildman–Crippen MR) is 472 cm³/mol. The first-order valence-corrected chi connectivity index (χ1v) is 55.1. The summed E-state index contributed by atoms with van der Waals surface area (Å²) in [5.74, 6) is -0.775. The van der Waals surface area contributed by atoms with Crippen LogP contribution in [0.4, 0.5) is 29.4 Å². The van der Waals surface area contributed by atoms with Crippen LogP contribution in [0, 0.1) is 20.8 Å². The number of anilines is 5. The highest BCUT2D eigenvalue weighted by atomic mass is 32.7. The van der Waals surface area contributed by atoms with Gasteiger partial charge in [-0.3, -0.25) is 74.8 Å². The number of aryl methyl sites for hydroxylation is 3. The van der Waals surface area contributed by atoms with Crippen LogP contribution in [0.25, 0.3) is 33.5 Å². The molecule has 18 heterocycles. The molecule has 9 saturated heterocycles. The predicted octanol–water partition coefficient (Wildman–Crippen LogP) is -1.99. The largest absolute Gasteiger partial charge is 0.393 e. The van der Waals surface area contributed by atoms with Crippen molar-refractivity contribution in [2.24, 2.45) is 0 Å². The maximum atomic E-state index is 15.3. The van der Waals surface area contributed by atoms with Crippen LogP contribution in [0.1, 0.15) is 73.3 Å². The Morgan fingerprint density at radius 3 is 1.36 bits per heavy atom. The lowest BCUT2D eigenvalue weighted by atomic mass is 10.0. The van der Waals surface area contributed by atoms with Gasteiger partial charge in [-0.25, -0.2) is 43.9 Å². The van der Waals surface area contributed by atoms with E-state index in [1.54, 1.807) is 6.92 Å². The minimum atomic E-state index is -5.02. The van der Waals surface area contributed by atoms with Crippen molar-refractivity contribution in [2.75, 3.05) is 95.2 Å². The Balaban J connectivity index is 0.579. The third-order valence-corrected chi connectivity index (χ3v) is 32.7. The lowest BCUT2D eigenvalue weighted by Crippen LogP contribution is -2.47. The smallest absolute Gasteiger partial charge is 0.386 e. The second kappa shape index (κ2) is 36.3. The summed E-state index contributed by atoms with van der Waals surface area (Å²) in [6.07, 6.45) is -16.7. The summed E-state index contributed by atoms with van der Waals surface area (Å²) in [5.41, 5.74) is 19.9. The van der Waals surface area contributed by atoms with Crippen molar-refractivity contribution in [3.05, 3.63) is 123 Å². The highest BCUT2D eigenvalue weighted by Gasteiger charge is 2.69. The highest BCUT2D eigenvalue weighted by Crippen LogP contribution is 2.65. The van der Waals surface area contributed by atoms with Gasteiger partial charge in [0.15, 0.2) is 52.5 Å². The highest BCUT2D eigenvalue weighted by molar-refractivity contribution is 8.44. The number of aliphatic hydroxyl groups excluding tert-OH is 1. The summed E-state index contributed by atoms with van der Waals surface area (Å²) < 4.78 is 152. The van der Waals surface area contributed by atoms with Crippen LogP contribution in [0.15, 0.2) is 72.7 Å². The number of nitrogens with two attached hydrogens (primary N) is 5. The molecule has 9 fully saturated rings. The van der Waals surface area contributed by atoms with E-state index in [1.165, 1.54) is 71.4 Å². The molecule has 0 spiro atoms. The number of imidazole rings is 3. The van der Waals surface area contributed by atoms with E-state index in [2.05, 4.69) is 72.1 Å². The fourth-order valence-corrected chi connectivity index (χ4v) is 25.1. The van der Waals surface area contributed by atoms with Crippen LogP contribution in [0.5, 0.6) is 0 Å². The average molecular weight is 2090 g/mol. The number of hydrogen-bond acceptors (Lipinski definition) is 48. The van der Waals surface area contributed by atoms with E-state index in [1.807, 2.05) is 0 Å². The van der Waals surface area contributed by atoms with E-state index in [4.69, 9.17) is 185 Å². The molecular formula is C64H81N23O34P6S6. The zero-order chi connectivity index (χ0) is 94.7. The Morgan fingerprint density at radius 2 is 0.865 bits per heavy atom. The molecule has 0 aliphatic carbocycles. The van der Waals surface area contributed by atoms with E-state index < -0.39 is 261 Å². The molecule has 27 atom stereocenters. The van der Waals surface area contributed by atoms with Crippen molar-refractivity contribution in [1.29, 1.82) is 0 Å². The van der Waals surface area contributed by atoms with E-state index in [-0.39, 0.29) is 93.4 Å². The second-order valence-corrected chi connectivity index (χ2v) is 48.8. The van der Waals surface area contributed by atoms with Gasteiger partial charge >= 0.3 is 57.5 Å². The molecule has 9 aromatic rings. The van der Waals surface area contributed by atoms with Gasteiger partial charge in [-0.1, -0.05) is 12.2 Å². The molecule has 69 heteroatoms. The summed E-state index contributed by atoms with van der Waals surface area (Å²) in [5, 5.41) is 10.9. The standard InChI is InChI=1S/C64H81N23O34P6S6/c1-24-8-83(59(92)75-45(24)65)54-40-43(63(114-54,16-103-40)18-109-127(100,133)121-44-41-55(84-9-25(2)46(66)76-60(84)93)115-64(44,17-104-41)19-108-126(99,132)119-42-39-56(113-62(42,14-88)15-102-39)87-23-74-38-50(87)78-58(69)80-53(38)91)120-125(98,131)107-13-31-28(5-33(110-31)82-10-26(3)51(89)81-61(82)94)117-123(96,129)106-12-32-29(7-34(111-32)85-21-72-36-47(67)70-20-71-48(36)85)118-124(97,130)105-11-30-27(116-122(95,128)101-4)6-35(112-30)86-22-73-37-49(86)77-57(68)79-52(37)90/h8-10,20-23,27-35,39-44,54-56,88H,5-7,11-19H2,1-4H3,(H,95,128)(H,96,129)(H,97,130)(H,98,131)(H,99,132)(H,100,133)(H2,65,75,92)(H2,66,76,93)(H2,67,70,71)(H,81,89,94)(H3,68,77,79,90)(H3,69,78,80,91)/t27?,28?,29?,30-,31-,32-,33-,34-,35-,39+,40+,41+,42?,43?,44?,54-,55-,56-,62+,63-,64-,122?,123?,124?,125?,126?,127?/m1/s1. The van der Waals surface area contributed by atoms with Gasteiger partial charge in [0.1, 0.15) is 114 Å². The molecular weight excluding hydrogens is 2010 g/mol. The summed E-state index contributed by atoms with van der Waals surface area (Å²) in [6.45, 7) is -29.4. The Morgan fingerprint density at radius 1 is 0.466 bits per heavy atom. The molecule has 19 N–H and O–H groups in total. The summed E-state index contributed by atoms with van der Waals surface area (Å²) in [6, 6.07) is 0. The first-order chi connectivity index (χ1) is 62.7. The van der Waals surface area contributed by atoms with Gasteiger partial charge in [-0.15, -0.1) is 0 Å². The SMILES string of the molecule is COP(O)(=S)OC1C[C@H](n2cnc3c(=O)[nH]c(N)nc32)O[C@@H]1COP(O)(=S)OC1C[C@H](n2cnc3c(N)ncnc32)O[C@@H]1COP(O)(=S)OC1C[C@H](n2cc(C)c(=O)[nH]c2=O)O[C@@H]1COP(O)(=S)OC1[C@@H]2OC[C@]1(COP(=O)(S)OC1[C@@H]3OC[C@]1(COP(O)(=S)OC1[C@@H]4OC[C@]1(CO)O[C@H]4n1cnc4c(=O)[nH]c(N)nc41)O[C@H]3n1cc(C)c(N)nc1=O)O[C@H]2n1cc(C)c(N)nc1=O. The quantitative estimate of drug-likeness (QED) is 0.0151. The molecule has 12 unspecified atom stereocenters. The molecule has 133 heavy (non-hydrogen) atoms. The normalized spacial score (nSPS) is 32.8. The number of nitrogens with one attached hydrogen (secondary N) is 3. The second-order valence-electron chi connectivity index (χ2n) is 31.8. The van der Waals surface area contributed by atoms with Crippen LogP contribution in [0.2, 0.25) is 0 Å². The van der Waals surface area contributed by atoms with Crippen LogP contribution in [-0.2, 0) is 161 Å². The molecule has 18 rings (SSSR count). The molecule has 0 saturated carbocycles. The first-order valence-electron chi connectivity index (χ1n) is 39.5. The zero-order valence-electron chi connectivity index (χ0n) is 68.8. The van der Waals surface area contributed by atoms with Gasteiger partial charge in [0.25, 0.3) is 16.7 Å². The van der Waals surface area contributed by atoms with E-state index >= 15 is 4.57 Å². The summed E-state index contributed by atoms with van der Waals surface area (Å²) >= 11 is 32.3. The Labute approximate surface area is 773 Å². The summed E-state index contributed by atoms with van der Waals surface area (Å²) in [4.78, 5) is 183. The van der Waals surface area contributed by atoms with Crippen LogP contribution in [0.3, 0.4) is 0 Å². The minimum Gasteiger partial charge on any atom is -0.393 e. The number of rotatable bonds is 35. The molecule has 722 valence electrons. The minimum absolute atomic E-state index is 0.00885. The molecule has 6 bridgehead atoms. The van der Waals surface area contributed by atoms with Crippen molar-refractivity contribution < 1.29 is 131 Å². The topological polar surface area (TPSA) is 758 Å². The van der Waals surface area contributed by atoms with Crippen LogP contribution in [-0.4, -0.2) is 273 Å². The van der Waals surface area contributed by atoms with Crippen molar-refractivity contribution in [2.45, 2.75) is 167 Å².